The molecule has 2 N–H and O–H groups in total. The average molecular weight is 411 g/mol. The highest BCUT2D eigenvalue weighted by atomic mass is 16.5. The quantitative estimate of drug-likeness (QED) is 0.756. The second-order valence-electron chi connectivity index (χ2n) is 10.0. The summed E-state index contributed by atoms with van der Waals surface area (Å²) in [7, 11) is 0. The zero-order valence-corrected chi connectivity index (χ0v) is 17.3. The highest BCUT2D eigenvalue weighted by Crippen LogP contribution is 2.60. The van der Waals surface area contributed by atoms with E-state index >= 15 is 0 Å². The van der Waals surface area contributed by atoms with Gasteiger partial charge in [-0.25, -0.2) is 4.79 Å². The molecule has 2 amide bonds. The molecule has 160 valence electrons. The number of carbonyl (C=O) groups excluding carboxylic acids is 3. The van der Waals surface area contributed by atoms with E-state index in [0.29, 0.717) is 36.3 Å². The lowest BCUT2D eigenvalue weighted by Gasteiger charge is -2.56. The number of amides is 2. The van der Waals surface area contributed by atoms with Gasteiger partial charge in [-0.2, -0.15) is 0 Å². The smallest absolute Gasteiger partial charge is 0.329 e. The van der Waals surface area contributed by atoms with Crippen LogP contribution in [0.4, 0.5) is 0 Å². The molecule has 1 aliphatic heterocycles. The molecule has 4 saturated carbocycles. The molecule has 30 heavy (non-hydrogen) atoms. The van der Waals surface area contributed by atoms with Crippen molar-refractivity contribution in [1.82, 2.24) is 4.90 Å². The molecule has 4 bridgehead atoms. The molecule has 6 heteroatoms. The van der Waals surface area contributed by atoms with Crippen molar-refractivity contribution >= 4 is 17.8 Å². The topological polar surface area (TPSA) is 89.7 Å². The molecule has 1 aromatic rings. The van der Waals surface area contributed by atoms with Gasteiger partial charge in [-0.05, 0) is 86.8 Å². The van der Waals surface area contributed by atoms with Gasteiger partial charge in [-0.3, -0.25) is 9.59 Å². The minimum atomic E-state index is -0.483. The van der Waals surface area contributed by atoms with Crippen molar-refractivity contribution in [2.45, 2.75) is 64.0 Å². The second-order valence-corrected chi connectivity index (χ2v) is 10.0. The minimum Gasteiger partial charge on any atom is -0.459 e. The maximum Gasteiger partial charge on any atom is 0.329 e. The molecule has 1 atom stereocenters. The van der Waals surface area contributed by atoms with Crippen LogP contribution in [0.1, 0.15) is 67.3 Å². The van der Waals surface area contributed by atoms with Crippen LogP contribution in [-0.2, 0) is 20.9 Å². The lowest BCUT2D eigenvalue weighted by Crippen LogP contribution is -2.56. The second kappa shape index (κ2) is 7.40. The van der Waals surface area contributed by atoms with Crippen LogP contribution >= 0.6 is 0 Å². The zero-order chi connectivity index (χ0) is 20.9. The zero-order valence-electron chi connectivity index (χ0n) is 17.3. The fourth-order valence-electron chi connectivity index (χ4n) is 6.95. The molecule has 1 saturated heterocycles. The third-order valence-electron chi connectivity index (χ3n) is 7.90. The van der Waals surface area contributed by atoms with Crippen LogP contribution in [0.3, 0.4) is 0 Å². The van der Waals surface area contributed by atoms with Gasteiger partial charge in [0.1, 0.15) is 12.6 Å². The van der Waals surface area contributed by atoms with E-state index in [1.165, 1.54) is 19.3 Å². The Morgan fingerprint density at radius 2 is 1.60 bits per heavy atom. The van der Waals surface area contributed by atoms with Crippen LogP contribution in [0, 0.1) is 23.2 Å². The van der Waals surface area contributed by atoms with Gasteiger partial charge in [0.2, 0.25) is 11.8 Å². The SMILES string of the molecule is NC(=O)c1ccc(COC(=O)C2CCCN2C(=O)C23CC4CC(CC(C4)C2)C3)cc1. The number of rotatable bonds is 5. The number of hydrogen-bond acceptors (Lipinski definition) is 4. The number of nitrogens with two attached hydrogens (primary N) is 1. The molecule has 1 heterocycles. The van der Waals surface area contributed by atoms with E-state index in [0.717, 1.165) is 31.2 Å². The summed E-state index contributed by atoms with van der Waals surface area (Å²) in [6.45, 7) is 0.793. The molecule has 0 radical (unpaired) electrons. The van der Waals surface area contributed by atoms with E-state index in [-0.39, 0.29) is 23.9 Å². The van der Waals surface area contributed by atoms with Crippen molar-refractivity contribution in [2.75, 3.05) is 6.54 Å². The van der Waals surface area contributed by atoms with Crippen molar-refractivity contribution in [3.63, 3.8) is 0 Å². The van der Waals surface area contributed by atoms with E-state index in [1.54, 1.807) is 24.3 Å². The average Bonchev–Trinajstić information content (AvgIpc) is 3.20. The Balaban J connectivity index is 1.24. The number of primary amides is 1. The van der Waals surface area contributed by atoms with E-state index in [1.807, 2.05) is 4.90 Å². The summed E-state index contributed by atoms with van der Waals surface area (Å²) in [5.74, 6) is 1.53. The number of esters is 1. The van der Waals surface area contributed by atoms with Gasteiger partial charge >= 0.3 is 5.97 Å². The Labute approximate surface area is 177 Å². The number of carbonyl (C=O) groups is 3. The van der Waals surface area contributed by atoms with E-state index in [2.05, 4.69) is 0 Å². The number of nitrogens with zero attached hydrogens (tertiary/aromatic N) is 1. The molecule has 6 nitrogen and oxygen atoms in total. The monoisotopic (exact) mass is 410 g/mol. The van der Waals surface area contributed by atoms with Crippen LogP contribution < -0.4 is 5.73 Å². The highest BCUT2D eigenvalue weighted by Gasteiger charge is 2.56. The normalized spacial score (nSPS) is 34.2. The highest BCUT2D eigenvalue weighted by molar-refractivity contribution is 5.92. The Bertz CT molecular complexity index is 827. The molecular formula is C24H30N2O4. The standard InChI is InChI=1S/C24H30N2O4/c25-21(27)19-5-3-15(4-6-19)14-30-22(28)20-2-1-7-26(20)23(29)24-11-16-8-17(12-24)10-18(9-16)13-24/h3-6,16-18,20H,1-2,7-14H2,(H2,25,27). The van der Waals surface area contributed by atoms with Gasteiger partial charge in [-0.15, -0.1) is 0 Å². The summed E-state index contributed by atoms with van der Waals surface area (Å²) < 4.78 is 5.56. The van der Waals surface area contributed by atoms with Crippen molar-refractivity contribution in [3.05, 3.63) is 35.4 Å². The fraction of sp³-hybridized carbons (Fsp3) is 0.625. The van der Waals surface area contributed by atoms with Crippen LogP contribution in [0.25, 0.3) is 0 Å². The molecule has 5 fully saturated rings. The molecule has 6 rings (SSSR count). The van der Waals surface area contributed by atoms with Gasteiger partial charge in [0, 0.05) is 12.1 Å². The van der Waals surface area contributed by atoms with Gasteiger partial charge < -0.3 is 15.4 Å². The Hall–Kier alpha value is -2.37. The van der Waals surface area contributed by atoms with Crippen LogP contribution in [0.2, 0.25) is 0 Å². The van der Waals surface area contributed by atoms with E-state index in [9.17, 15) is 14.4 Å². The largest absolute Gasteiger partial charge is 0.459 e. The van der Waals surface area contributed by atoms with Gasteiger partial charge in [-0.1, -0.05) is 12.1 Å². The third-order valence-corrected chi connectivity index (χ3v) is 7.90. The van der Waals surface area contributed by atoms with Crippen molar-refractivity contribution in [2.24, 2.45) is 28.9 Å². The molecule has 1 unspecified atom stereocenters. The molecule has 1 aromatic carbocycles. The summed E-state index contributed by atoms with van der Waals surface area (Å²) >= 11 is 0. The van der Waals surface area contributed by atoms with Gasteiger partial charge in [0.05, 0.1) is 5.41 Å². The van der Waals surface area contributed by atoms with Crippen molar-refractivity contribution in [1.29, 1.82) is 0 Å². The van der Waals surface area contributed by atoms with Crippen LogP contribution in [0.5, 0.6) is 0 Å². The first-order valence-electron chi connectivity index (χ1n) is 11.3. The maximum absolute atomic E-state index is 13.7. The summed E-state index contributed by atoms with van der Waals surface area (Å²) in [6, 6.07) is 6.27. The first-order chi connectivity index (χ1) is 14.4. The lowest BCUT2D eigenvalue weighted by molar-refractivity contribution is -0.166. The third kappa shape index (κ3) is 3.40. The molecule has 5 aliphatic rings. The minimum absolute atomic E-state index is 0.133. The first-order valence-corrected chi connectivity index (χ1v) is 11.3. The number of ether oxygens (including phenoxy) is 1. The molecule has 4 aliphatic carbocycles. The molecule has 0 aromatic heterocycles. The number of hydrogen-bond donors (Lipinski definition) is 1. The summed E-state index contributed by atoms with van der Waals surface area (Å²) in [4.78, 5) is 39.5. The predicted octanol–water partition coefficient (Wildman–Crippen LogP) is 3.04. The Morgan fingerprint density at radius 3 is 2.17 bits per heavy atom. The Morgan fingerprint density at radius 1 is 1.00 bits per heavy atom. The van der Waals surface area contributed by atoms with E-state index < -0.39 is 11.9 Å². The van der Waals surface area contributed by atoms with Crippen molar-refractivity contribution in [3.8, 4) is 0 Å². The Kier molecular flexibility index (Phi) is 4.83. The molecular weight excluding hydrogens is 380 g/mol. The maximum atomic E-state index is 13.7. The first kappa shape index (κ1) is 19.6. The summed E-state index contributed by atoms with van der Waals surface area (Å²) in [5, 5.41) is 0. The molecule has 0 spiro atoms. The van der Waals surface area contributed by atoms with Crippen LogP contribution in [-0.4, -0.2) is 35.3 Å². The lowest BCUT2D eigenvalue weighted by atomic mass is 9.49. The summed E-state index contributed by atoms with van der Waals surface area (Å²) in [6.07, 6.45) is 8.47. The van der Waals surface area contributed by atoms with Crippen LogP contribution in [0.15, 0.2) is 24.3 Å². The fourth-order valence-corrected chi connectivity index (χ4v) is 6.95. The number of likely N-dealkylation sites (tertiary alicyclic amines) is 1. The summed E-state index contributed by atoms with van der Waals surface area (Å²) in [5.41, 5.74) is 6.26. The number of benzene rings is 1. The predicted molar refractivity (Wildman–Crippen MR) is 110 cm³/mol. The van der Waals surface area contributed by atoms with E-state index in [4.69, 9.17) is 10.5 Å². The van der Waals surface area contributed by atoms with Gasteiger partial charge in [0.15, 0.2) is 0 Å². The van der Waals surface area contributed by atoms with Gasteiger partial charge in [0.25, 0.3) is 0 Å². The van der Waals surface area contributed by atoms with Crippen molar-refractivity contribution < 1.29 is 19.1 Å².